The first kappa shape index (κ1) is 30.4. The van der Waals surface area contributed by atoms with Gasteiger partial charge in [0.15, 0.2) is 0 Å². The van der Waals surface area contributed by atoms with Crippen molar-refractivity contribution in [3.8, 4) is 0 Å². The predicted molar refractivity (Wildman–Crippen MR) is 149 cm³/mol. The third-order valence-corrected chi connectivity index (χ3v) is 10.8. The van der Waals surface area contributed by atoms with Crippen LogP contribution in [0.25, 0.3) is 0 Å². The van der Waals surface area contributed by atoms with Gasteiger partial charge < -0.3 is 19.7 Å². The first-order chi connectivity index (χ1) is 17.5. The zero-order valence-corrected chi connectivity index (χ0v) is 24.2. The molecular weight excluding hydrogens is 448 g/mol. The molecule has 36 heavy (non-hydrogen) atoms. The molecule has 4 aliphatic carbocycles. The van der Waals surface area contributed by atoms with E-state index in [0.29, 0.717) is 12.2 Å². The standard InChI is InChI=1S/2C16H30O2/c2*1-3-15(18-2)7-5-4-6-12-8-9-13-10-14(17)11-16(12)13/h2*12-17H,3-11H2,1-2H3. The van der Waals surface area contributed by atoms with Crippen molar-refractivity contribution < 1.29 is 19.7 Å². The summed E-state index contributed by atoms with van der Waals surface area (Å²) in [6.45, 7) is 4.41. The van der Waals surface area contributed by atoms with E-state index in [9.17, 15) is 10.2 Å². The molecule has 0 aromatic rings. The second-order valence-electron chi connectivity index (χ2n) is 12.9. The van der Waals surface area contributed by atoms with Crippen LogP contribution in [0.15, 0.2) is 0 Å². The van der Waals surface area contributed by atoms with Gasteiger partial charge in [0.05, 0.1) is 24.4 Å². The molecule has 0 heterocycles. The van der Waals surface area contributed by atoms with Crippen LogP contribution in [-0.2, 0) is 9.47 Å². The molecule has 0 radical (unpaired) electrons. The molecule has 212 valence electrons. The molecule has 4 nitrogen and oxygen atoms in total. The lowest BCUT2D eigenvalue weighted by molar-refractivity contribution is 0.0890. The Kier molecular flexibility index (Phi) is 13.6. The zero-order chi connectivity index (χ0) is 25.9. The molecule has 0 aromatic carbocycles. The molecule has 0 spiro atoms. The smallest absolute Gasteiger partial charge is 0.0568 e. The Labute approximate surface area is 223 Å². The second-order valence-corrected chi connectivity index (χ2v) is 12.9. The van der Waals surface area contributed by atoms with Crippen LogP contribution in [0.2, 0.25) is 0 Å². The number of hydrogen-bond acceptors (Lipinski definition) is 4. The van der Waals surface area contributed by atoms with Crippen molar-refractivity contribution in [1.82, 2.24) is 0 Å². The molecule has 4 saturated carbocycles. The minimum atomic E-state index is 0.0146. The minimum absolute atomic E-state index is 0.0146. The van der Waals surface area contributed by atoms with Gasteiger partial charge in [-0.05, 0) is 113 Å². The monoisotopic (exact) mass is 508 g/mol. The summed E-state index contributed by atoms with van der Waals surface area (Å²) in [7, 11) is 3.66. The van der Waals surface area contributed by atoms with E-state index in [1.54, 1.807) is 0 Å². The third-order valence-electron chi connectivity index (χ3n) is 10.8. The summed E-state index contributed by atoms with van der Waals surface area (Å²) in [5.74, 6) is 5.23. The average molecular weight is 509 g/mol. The second kappa shape index (κ2) is 16.1. The fourth-order valence-electron chi connectivity index (χ4n) is 8.61. The van der Waals surface area contributed by atoms with Gasteiger partial charge in [-0.3, -0.25) is 0 Å². The summed E-state index contributed by atoms with van der Waals surface area (Å²) in [4.78, 5) is 0. The summed E-state index contributed by atoms with van der Waals surface area (Å²) >= 11 is 0. The maximum Gasteiger partial charge on any atom is 0.0568 e. The summed E-state index contributed by atoms with van der Waals surface area (Å²) in [6.07, 6.45) is 23.7. The number of aliphatic hydroxyl groups excluding tert-OH is 2. The van der Waals surface area contributed by atoms with Crippen molar-refractivity contribution in [3.05, 3.63) is 0 Å². The van der Waals surface area contributed by atoms with E-state index < -0.39 is 0 Å². The van der Waals surface area contributed by atoms with E-state index in [2.05, 4.69) is 13.8 Å². The molecule has 0 aromatic heterocycles. The fraction of sp³-hybridized carbons (Fsp3) is 1.00. The highest BCUT2D eigenvalue weighted by Gasteiger charge is 2.43. The van der Waals surface area contributed by atoms with E-state index in [-0.39, 0.29) is 12.2 Å². The molecule has 0 amide bonds. The van der Waals surface area contributed by atoms with E-state index in [1.165, 1.54) is 77.0 Å². The first-order valence-corrected chi connectivity index (χ1v) is 15.9. The van der Waals surface area contributed by atoms with Gasteiger partial charge in [0.2, 0.25) is 0 Å². The molecule has 4 aliphatic rings. The summed E-state index contributed by atoms with van der Waals surface area (Å²) in [5, 5.41) is 19.5. The molecule has 10 atom stereocenters. The van der Waals surface area contributed by atoms with E-state index in [4.69, 9.17) is 9.47 Å². The molecule has 4 heteroatoms. The van der Waals surface area contributed by atoms with Gasteiger partial charge >= 0.3 is 0 Å². The maximum atomic E-state index is 9.74. The quantitative estimate of drug-likeness (QED) is 0.238. The van der Waals surface area contributed by atoms with Gasteiger partial charge in [0.25, 0.3) is 0 Å². The van der Waals surface area contributed by atoms with Crippen LogP contribution >= 0.6 is 0 Å². The van der Waals surface area contributed by atoms with Crippen molar-refractivity contribution in [3.63, 3.8) is 0 Å². The van der Waals surface area contributed by atoms with E-state index in [1.807, 2.05) is 14.2 Å². The lowest BCUT2D eigenvalue weighted by Crippen LogP contribution is -2.12. The lowest BCUT2D eigenvalue weighted by atomic mass is 9.88. The van der Waals surface area contributed by atoms with Crippen molar-refractivity contribution in [1.29, 1.82) is 0 Å². The van der Waals surface area contributed by atoms with Crippen LogP contribution in [0.4, 0.5) is 0 Å². The molecule has 4 rings (SSSR count). The van der Waals surface area contributed by atoms with Crippen LogP contribution in [0.5, 0.6) is 0 Å². The molecule has 4 fully saturated rings. The molecule has 10 unspecified atom stereocenters. The van der Waals surface area contributed by atoms with Crippen molar-refractivity contribution >= 4 is 0 Å². The number of hydrogen-bond donors (Lipinski definition) is 2. The van der Waals surface area contributed by atoms with Crippen molar-refractivity contribution in [2.45, 2.75) is 154 Å². The fourth-order valence-corrected chi connectivity index (χ4v) is 8.61. The van der Waals surface area contributed by atoms with E-state index in [0.717, 1.165) is 74.0 Å². The highest BCUT2D eigenvalue weighted by molar-refractivity contribution is 4.93. The Morgan fingerprint density at radius 3 is 1.39 bits per heavy atom. The Hall–Kier alpha value is -0.160. The van der Waals surface area contributed by atoms with Gasteiger partial charge in [0, 0.05) is 14.2 Å². The zero-order valence-electron chi connectivity index (χ0n) is 24.2. The van der Waals surface area contributed by atoms with Crippen LogP contribution < -0.4 is 0 Å². The largest absolute Gasteiger partial charge is 0.393 e. The molecular formula is C32H60O4. The minimum Gasteiger partial charge on any atom is -0.393 e. The van der Waals surface area contributed by atoms with Crippen LogP contribution in [0, 0.1) is 35.5 Å². The van der Waals surface area contributed by atoms with Crippen molar-refractivity contribution in [2.24, 2.45) is 35.5 Å². The SMILES string of the molecule is CCC(CCCCC1CCC2CC(O)CC12)OC.CCC(CCCCC1CCC2CC(O)CC12)OC. The van der Waals surface area contributed by atoms with Gasteiger partial charge in [-0.25, -0.2) is 0 Å². The van der Waals surface area contributed by atoms with Crippen LogP contribution in [0.3, 0.4) is 0 Å². The summed E-state index contributed by atoms with van der Waals surface area (Å²) < 4.78 is 10.8. The van der Waals surface area contributed by atoms with Gasteiger partial charge in [-0.15, -0.1) is 0 Å². The van der Waals surface area contributed by atoms with Crippen LogP contribution in [0.1, 0.15) is 129 Å². The normalized spacial score (nSPS) is 36.8. The van der Waals surface area contributed by atoms with Gasteiger partial charge in [-0.2, -0.15) is 0 Å². The van der Waals surface area contributed by atoms with Gasteiger partial charge in [-0.1, -0.05) is 52.4 Å². The third kappa shape index (κ3) is 8.95. The molecule has 0 bridgehead atoms. The number of rotatable bonds is 14. The lowest BCUT2D eigenvalue weighted by Gasteiger charge is -2.19. The average Bonchev–Trinajstić information content (AvgIpc) is 3.62. The Bertz CT molecular complexity index is 525. The van der Waals surface area contributed by atoms with E-state index >= 15 is 0 Å². The number of methoxy groups -OCH3 is 2. The Morgan fingerprint density at radius 2 is 1.03 bits per heavy atom. The van der Waals surface area contributed by atoms with Crippen LogP contribution in [-0.4, -0.2) is 48.8 Å². The number of aliphatic hydroxyl groups is 2. The highest BCUT2D eigenvalue weighted by atomic mass is 16.5. The predicted octanol–water partition coefficient (Wildman–Crippen LogP) is 7.54. The maximum absolute atomic E-state index is 9.74. The first-order valence-electron chi connectivity index (χ1n) is 15.9. The Morgan fingerprint density at radius 1 is 0.611 bits per heavy atom. The molecule has 0 saturated heterocycles. The summed E-state index contributed by atoms with van der Waals surface area (Å²) in [5.41, 5.74) is 0. The highest BCUT2D eigenvalue weighted by Crippen LogP contribution is 2.50. The molecule has 0 aliphatic heterocycles. The number of fused-ring (bicyclic) bond motifs is 2. The van der Waals surface area contributed by atoms with Crippen molar-refractivity contribution in [2.75, 3.05) is 14.2 Å². The summed E-state index contributed by atoms with van der Waals surface area (Å²) in [6, 6.07) is 0. The number of ether oxygens (including phenoxy) is 2. The topological polar surface area (TPSA) is 58.9 Å². The Balaban J connectivity index is 0.000000201. The van der Waals surface area contributed by atoms with Gasteiger partial charge in [0.1, 0.15) is 0 Å². The number of unbranched alkanes of at least 4 members (excludes halogenated alkanes) is 2. The molecule has 2 N–H and O–H groups in total.